The van der Waals surface area contributed by atoms with Crippen LogP contribution in [0.4, 0.5) is 5.69 Å². The van der Waals surface area contributed by atoms with E-state index < -0.39 is 0 Å². The largest absolute Gasteiger partial charge is 0.396 e. The molecule has 0 radical (unpaired) electrons. The first-order valence-electron chi connectivity index (χ1n) is 6.71. The van der Waals surface area contributed by atoms with Crippen molar-refractivity contribution in [2.24, 2.45) is 0 Å². The SMILES string of the molecule is CCn1ncc(N)c1C(=O)NCCCn1ccc(C)n1. The van der Waals surface area contributed by atoms with Gasteiger partial charge in [0.1, 0.15) is 5.69 Å². The number of rotatable bonds is 6. The molecule has 108 valence electrons. The van der Waals surface area contributed by atoms with Crippen LogP contribution in [0.15, 0.2) is 18.5 Å². The van der Waals surface area contributed by atoms with Crippen molar-refractivity contribution in [2.45, 2.75) is 33.4 Å². The zero-order valence-electron chi connectivity index (χ0n) is 11.8. The van der Waals surface area contributed by atoms with Gasteiger partial charge in [0.25, 0.3) is 5.91 Å². The molecule has 0 aliphatic rings. The van der Waals surface area contributed by atoms with E-state index in [9.17, 15) is 4.79 Å². The fraction of sp³-hybridized carbons (Fsp3) is 0.462. The van der Waals surface area contributed by atoms with Crippen molar-refractivity contribution in [3.63, 3.8) is 0 Å². The predicted molar refractivity (Wildman–Crippen MR) is 76.2 cm³/mol. The van der Waals surface area contributed by atoms with Gasteiger partial charge in [-0.05, 0) is 26.3 Å². The molecule has 0 unspecified atom stereocenters. The van der Waals surface area contributed by atoms with Gasteiger partial charge in [0, 0.05) is 25.8 Å². The number of nitrogens with one attached hydrogen (secondary N) is 1. The summed E-state index contributed by atoms with van der Waals surface area (Å²) in [6.45, 7) is 5.84. The molecule has 7 nitrogen and oxygen atoms in total. The summed E-state index contributed by atoms with van der Waals surface area (Å²) in [6, 6.07) is 1.96. The lowest BCUT2D eigenvalue weighted by Crippen LogP contribution is -2.28. The smallest absolute Gasteiger partial charge is 0.271 e. The number of carbonyl (C=O) groups is 1. The van der Waals surface area contributed by atoms with Crippen molar-refractivity contribution in [3.05, 3.63) is 29.8 Å². The summed E-state index contributed by atoms with van der Waals surface area (Å²) >= 11 is 0. The lowest BCUT2D eigenvalue weighted by Gasteiger charge is -2.07. The normalized spacial score (nSPS) is 10.7. The lowest BCUT2D eigenvalue weighted by molar-refractivity contribution is 0.0943. The highest BCUT2D eigenvalue weighted by Gasteiger charge is 2.15. The van der Waals surface area contributed by atoms with E-state index in [1.165, 1.54) is 6.20 Å². The molecule has 2 rings (SSSR count). The molecule has 0 saturated heterocycles. The van der Waals surface area contributed by atoms with Gasteiger partial charge < -0.3 is 11.1 Å². The summed E-state index contributed by atoms with van der Waals surface area (Å²) in [5.41, 5.74) is 7.59. The van der Waals surface area contributed by atoms with Crippen molar-refractivity contribution in [3.8, 4) is 0 Å². The minimum absolute atomic E-state index is 0.182. The quantitative estimate of drug-likeness (QED) is 0.764. The maximum absolute atomic E-state index is 12.0. The summed E-state index contributed by atoms with van der Waals surface area (Å²) in [7, 11) is 0. The maximum Gasteiger partial charge on any atom is 0.271 e. The van der Waals surface area contributed by atoms with E-state index in [1.807, 2.05) is 30.8 Å². The van der Waals surface area contributed by atoms with E-state index in [4.69, 9.17) is 5.73 Å². The molecule has 7 heteroatoms. The van der Waals surface area contributed by atoms with Crippen molar-refractivity contribution in [1.82, 2.24) is 24.9 Å². The van der Waals surface area contributed by atoms with Crippen LogP contribution in [0, 0.1) is 6.92 Å². The molecule has 0 fully saturated rings. The Hall–Kier alpha value is -2.31. The molecule has 1 amide bonds. The van der Waals surface area contributed by atoms with E-state index in [0.29, 0.717) is 24.5 Å². The molecular weight excluding hydrogens is 256 g/mol. The first-order chi connectivity index (χ1) is 9.61. The van der Waals surface area contributed by atoms with Gasteiger partial charge in [-0.15, -0.1) is 0 Å². The second-order valence-electron chi connectivity index (χ2n) is 4.59. The Kier molecular flexibility index (Phi) is 4.39. The Morgan fingerprint density at radius 3 is 2.95 bits per heavy atom. The van der Waals surface area contributed by atoms with Gasteiger partial charge >= 0.3 is 0 Å². The van der Waals surface area contributed by atoms with Crippen LogP contribution < -0.4 is 11.1 Å². The molecule has 0 aromatic carbocycles. The Morgan fingerprint density at radius 1 is 1.50 bits per heavy atom. The van der Waals surface area contributed by atoms with E-state index in [-0.39, 0.29) is 5.91 Å². The van der Waals surface area contributed by atoms with Gasteiger partial charge in [-0.2, -0.15) is 10.2 Å². The maximum atomic E-state index is 12.0. The second kappa shape index (κ2) is 6.23. The first-order valence-corrected chi connectivity index (χ1v) is 6.71. The molecule has 0 aliphatic carbocycles. The molecule has 2 aromatic rings. The third kappa shape index (κ3) is 3.17. The second-order valence-corrected chi connectivity index (χ2v) is 4.59. The Labute approximate surface area is 117 Å². The molecule has 0 aliphatic heterocycles. The third-order valence-electron chi connectivity index (χ3n) is 3.01. The van der Waals surface area contributed by atoms with E-state index in [2.05, 4.69) is 15.5 Å². The topological polar surface area (TPSA) is 90.8 Å². The molecule has 3 N–H and O–H groups in total. The number of nitrogen functional groups attached to an aromatic ring is 1. The molecule has 0 atom stereocenters. The number of amides is 1. The van der Waals surface area contributed by atoms with Crippen LogP contribution >= 0.6 is 0 Å². The van der Waals surface area contributed by atoms with Crippen molar-refractivity contribution in [1.29, 1.82) is 0 Å². The molecule has 2 heterocycles. The molecule has 2 aromatic heterocycles. The Morgan fingerprint density at radius 2 is 2.30 bits per heavy atom. The highest BCUT2D eigenvalue weighted by Crippen LogP contribution is 2.10. The predicted octanol–water partition coefficient (Wildman–Crippen LogP) is 0.810. The number of carbonyl (C=O) groups excluding carboxylic acids is 1. The molecule has 0 spiro atoms. The monoisotopic (exact) mass is 276 g/mol. The minimum atomic E-state index is -0.182. The number of hydrogen-bond acceptors (Lipinski definition) is 4. The van der Waals surface area contributed by atoms with Crippen molar-refractivity contribution < 1.29 is 4.79 Å². The van der Waals surface area contributed by atoms with Crippen LogP contribution in [0.5, 0.6) is 0 Å². The number of anilines is 1. The summed E-state index contributed by atoms with van der Waals surface area (Å²) in [5.74, 6) is -0.182. The summed E-state index contributed by atoms with van der Waals surface area (Å²) in [6.07, 6.45) is 4.25. The average molecular weight is 276 g/mol. The zero-order valence-corrected chi connectivity index (χ0v) is 11.8. The van der Waals surface area contributed by atoms with Gasteiger partial charge in [0.2, 0.25) is 0 Å². The first kappa shape index (κ1) is 14.1. The number of aromatic nitrogens is 4. The van der Waals surface area contributed by atoms with Crippen LogP contribution in [0.3, 0.4) is 0 Å². The van der Waals surface area contributed by atoms with Crippen molar-refractivity contribution in [2.75, 3.05) is 12.3 Å². The molecule has 20 heavy (non-hydrogen) atoms. The summed E-state index contributed by atoms with van der Waals surface area (Å²) < 4.78 is 3.47. The van der Waals surface area contributed by atoms with Crippen LogP contribution in [0.1, 0.15) is 29.5 Å². The van der Waals surface area contributed by atoms with Gasteiger partial charge in [-0.3, -0.25) is 14.2 Å². The van der Waals surface area contributed by atoms with E-state index in [1.54, 1.807) is 4.68 Å². The van der Waals surface area contributed by atoms with Gasteiger partial charge in [0.15, 0.2) is 0 Å². The van der Waals surface area contributed by atoms with Crippen LogP contribution in [0.2, 0.25) is 0 Å². The summed E-state index contributed by atoms with van der Waals surface area (Å²) in [5, 5.41) is 11.2. The van der Waals surface area contributed by atoms with Crippen LogP contribution in [-0.4, -0.2) is 32.0 Å². The lowest BCUT2D eigenvalue weighted by atomic mass is 10.3. The number of hydrogen-bond donors (Lipinski definition) is 2. The van der Waals surface area contributed by atoms with Gasteiger partial charge in [0.05, 0.1) is 17.6 Å². The average Bonchev–Trinajstić information content (AvgIpc) is 3.00. The fourth-order valence-corrected chi connectivity index (χ4v) is 2.00. The van der Waals surface area contributed by atoms with Crippen LogP contribution in [-0.2, 0) is 13.1 Å². The zero-order chi connectivity index (χ0) is 14.5. The standard InChI is InChI=1S/C13H20N6O/c1-3-19-12(11(14)9-16-19)13(20)15-6-4-7-18-8-5-10(2)17-18/h5,8-9H,3-4,6-7,14H2,1-2H3,(H,15,20). The van der Waals surface area contributed by atoms with Crippen LogP contribution in [0.25, 0.3) is 0 Å². The Balaban J connectivity index is 1.82. The van der Waals surface area contributed by atoms with Gasteiger partial charge in [-0.25, -0.2) is 0 Å². The number of nitrogens with zero attached hydrogens (tertiary/aromatic N) is 4. The van der Waals surface area contributed by atoms with Crippen molar-refractivity contribution >= 4 is 11.6 Å². The number of nitrogens with two attached hydrogens (primary N) is 1. The number of aryl methyl sites for hydroxylation is 3. The Bertz CT molecular complexity index is 585. The van der Waals surface area contributed by atoms with E-state index in [0.717, 1.165) is 18.7 Å². The molecule has 0 saturated carbocycles. The minimum Gasteiger partial charge on any atom is -0.396 e. The van der Waals surface area contributed by atoms with E-state index >= 15 is 0 Å². The third-order valence-corrected chi connectivity index (χ3v) is 3.01. The highest BCUT2D eigenvalue weighted by atomic mass is 16.2. The fourth-order valence-electron chi connectivity index (χ4n) is 2.00. The van der Waals surface area contributed by atoms with Gasteiger partial charge in [-0.1, -0.05) is 0 Å². The highest BCUT2D eigenvalue weighted by molar-refractivity contribution is 5.97. The molecular formula is C13H20N6O. The molecule has 0 bridgehead atoms. The summed E-state index contributed by atoms with van der Waals surface area (Å²) in [4.78, 5) is 12.0.